The van der Waals surface area contributed by atoms with E-state index in [9.17, 15) is 29.7 Å². The van der Waals surface area contributed by atoms with E-state index in [2.05, 4.69) is 0 Å². The Morgan fingerprint density at radius 3 is 0.806 bits per heavy atom. The molecule has 3 fully saturated rings. The molecule has 6 nitrogen and oxygen atoms in total. The molecule has 6 unspecified atom stereocenters. The fraction of sp³-hybridized carbons (Fsp3) is 0.875. The summed E-state index contributed by atoms with van der Waals surface area (Å²) < 4.78 is 0. The van der Waals surface area contributed by atoms with Crippen molar-refractivity contribution in [2.45, 2.75) is 97.8 Å². The van der Waals surface area contributed by atoms with E-state index < -0.39 is 17.9 Å². The summed E-state index contributed by atoms with van der Waals surface area (Å²) in [6.45, 7) is 6.00. The van der Waals surface area contributed by atoms with Gasteiger partial charge in [0.25, 0.3) is 0 Å². The Bertz CT molecular complexity index is 476. The van der Waals surface area contributed by atoms with Crippen molar-refractivity contribution in [3.05, 3.63) is 0 Å². The van der Waals surface area contributed by atoms with E-state index in [4.69, 9.17) is 0 Å². The van der Waals surface area contributed by atoms with Crippen molar-refractivity contribution in [1.29, 1.82) is 0 Å². The molecule has 0 radical (unpaired) electrons. The molecule has 0 amide bonds. The van der Waals surface area contributed by atoms with Crippen LogP contribution in [-0.4, -0.2) is 35.3 Å². The van der Waals surface area contributed by atoms with E-state index in [1.54, 1.807) is 0 Å². The van der Waals surface area contributed by atoms with Crippen molar-refractivity contribution in [3.63, 3.8) is 0 Å². The Hall–Kier alpha value is -1.06. The van der Waals surface area contributed by atoms with E-state index in [-0.39, 0.29) is 35.1 Å². The summed E-state index contributed by atoms with van der Waals surface area (Å²) >= 11 is 0. The van der Waals surface area contributed by atoms with Gasteiger partial charge < -0.3 is 29.7 Å². The molecule has 31 heavy (non-hydrogen) atoms. The maximum absolute atomic E-state index is 10.5. The van der Waals surface area contributed by atoms with Gasteiger partial charge in [-0.05, 0) is 37.0 Å². The molecule has 174 valence electrons. The van der Waals surface area contributed by atoms with Crippen molar-refractivity contribution < 1.29 is 29.7 Å². The standard InChI is InChI=1S/3C8H14O2.Al/c3*1-6-4-2-3-5-7(6)8(9)10;/h3*6-7H,2-5H2,1H3,(H,9,10);/q;;;+3/p-3. The number of hydrogen-bond acceptors (Lipinski definition) is 6. The third-order valence-corrected chi connectivity index (χ3v) is 7.24. The average Bonchev–Trinajstić information content (AvgIpc) is 2.69. The van der Waals surface area contributed by atoms with E-state index in [0.717, 1.165) is 57.8 Å². The molecule has 7 heteroatoms. The molecule has 0 N–H and O–H groups in total. The fourth-order valence-electron chi connectivity index (χ4n) is 5.00. The van der Waals surface area contributed by atoms with Gasteiger partial charge in [-0.2, -0.15) is 0 Å². The molecule has 0 aromatic heterocycles. The molecular formula is C24H39AlO6. The first-order valence-corrected chi connectivity index (χ1v) is 11.8. The van der Waals surface area contributed by atoms with Gasteiger partial charge in [-0.3, -0.25) is 0 Å². The number of carbonyl (C=O) groups is 3. The van der Waals surface area contributed by atoms with Crippen LogP contribution in [0.25, 0.3) is 0 Å². The number of rotatable bonds is 3. The molecule has 0 saturated heterocycles. The predicted molar refractivity (Wildman–Crippen MR) is 114 cm³/mol. The van der Waals surface area contributed by atoms with Gasteiger partial charge in [0.1, 0.15) is 0 Å². The summed E-state index contributed by atoms with van der Waals surface area (Å²) in [6, 6.07) is 0. The van der Waals surface area contributed by atoms with Crippen LogP contribution in [0.3, 0.4) is 0 Å². The Morgan fingerprint density at radius 1 is 0.484 bits per heavy atom. The van der Waals surface area contributed by atoms with E-state index in [1.165, 1.54) is 19.3 Å². The number of carboxylic acids is 3. The first-order valence-electron chi connectivity index (χ1n) is 11.8. The predicted octanol–water partition coefficient (Wildman–Crippen LogP) is 1.31. The minimum atomic E-state index is -0.854. The Morgan fingerprint density at radius 2 is 0.677 bits per heavy atom. The van der Waals surface area contributed by atoms with E-state index >= 15 is 0 Å². The van der Waals surface area contributed by atoms with Crippen LogP contribution in [-0.2, 0) is 14.4 Å². The zero-order valence-corrected chi connectivity index (χ0v) is 20.6. The summed E-state index contributed by atoms with van der Waals surface area (Å²) in [5.74, 6) is -2.08. The molecule has 3 aliphatic carbocycles. The maximum Gasteiger partial charge on any atom is 3.00 e. The first-order chi connectivity index (χ1) is 14.1. The van der Waals surface area contributed by atoms with Crippen molar-refractivity contribution in [2.75, 3.05) is 0 Å². The van der Waals surface area contributed by atoms with Gasteiger partial charge in [-0.25, -0.2) is 0 Å². The maximum atomic E-state index is 10.5. The Kier molecular flexibility index (Phi) is 15.2. The summed E-state index contributed by atoms with van der Waals surface area (Å²) in [7, 11) is 0. The summed E-state index contributed by atoms with van der Waals surface area (Å²) in [4.78, 5) is 31.4. The Labute approximate surface area is 198 Å². The molecule has 6 atom stereocenters. The third-order valence-electron chi connectivity index (χ3n) is 7.24. The van der Waals surface area contributed by atoms with Crippen LogP contribution in [0, 0.1) is 35.5 Å². The van der Waals surface area contributed by atoms with E-state index in [1.807, 2.05) is 20.8 Å². The van der Waals surface area contributed by atoms with Crippen LogP contribution in [0.1, 0.15) is 97.8 Å². The van der Waals surface area contributed by atoms with Crippen molar-refractivity contribution in [1.82, 2.24) is 0 Å². The van der Waals surface area contributed by atoms with Gasteiger partial charge in [0, 0.05) is 35.7 Å². The SMILES string of the molecule is CC1CCCCC1C(=O)[O-].CC1CCCCC1C(=O)[O-].CC1CCCCC1C(=O)[O-].[Al+3]. The van der Waals surface area contributed by atoms with E-state index in [0.29, 0.717) is 17.8 Å². The van der Waals surface area contributed by atoms with Gasteiger partial charge >= 0.3 is 17.4 Å². The molecule has 3 saturated carbocycles. The van der Waals surface area contributed by atoms with Crippen molar-refractivity contribution in [3.8, 4) is 0 Å². The fourth-order valence-corrected chi connectivity index (χ4v) is 5.00. The van der Waals surface area contributed by atoms with Gasteiger partial charge in [0.15, 0.2) is 0 Å². The smallest absolute Gasteiger partial charge is 0.550 e. The van der Waals surface area contributed by atoms with Crippen LogP contribution in [0.2, 0.25) is 0 Å². The van der Waals surface area contributed by atoms with Crippen LogP contribution in [0.15, 0.2) is 0 Å². The minimum absolute atomic E-state index is 0. The molecular weight excluding hydrogens is 411 g/mol. The first kappa shape index (κ1) is 29.9. The largest absolute Gasteiger partial charge is 3.00 e. The average molecular weight is 451 g/mol. The van der Waals surface area contributed by atoms with Gasteiger partial charge in [0.2, 0.25) is 0 Å². The van der Waals surface area contributed by atoms with Gasteiger partial charge in [0.05, 0.1) is 0 Å². The molecule has 0 bridgehead atoms. The minimum Gasteiger partial charge on any atom is -0.550 e. The van der Waals surface area contributed by atoms with Crippen LogP contribution in [0.5, 0.6) is 0 Å². The molecule has 0 aliphatic heterocycles. The molecule has 3 rings (SSSR count). The molecule has 3 aliphatic rings. The summed E-state index contributed by atoms with van der Waals surface area (Å²) in [5, 5.41) is 31.4. The van der Waals surface area contributed by atoms with Crippen molar-refractivity contribution in [2.24, 2.45) is 35.5 Å². The second-order valence-corrected chi connectivity index (χ2v) is 9.56. The number of carboxylic acid groups (broad SMARTS) is 3. The molecule has 0 aromatic rings. The van der Waals surface area contributed by atoms with Gasteiger partial charge in [-0.1, -0.05) is 78.6 Å². The zero-order valence-electron chi connectivity index (χ0n) is 19.5. The number of carbonyl (C=O) groups excluding carboxylic acids is 3. The summed E-state index contributed by atoms with van der Waals surface area (Å²) in [6.07, 6.45) is 12.4. The number of hydrogen-bond donors (Lipinski definition) is 0. The van der Waals surface area contributed by atoms with Crippen LogP contribution in [0.4, 0.5) is 0 Å². The quantitative estimate of drug-likeness (QED) is 0.598. The molecule has 0 aromatic carbocycles. The van der Waals surface area contributed by atoms with Crippen molar-refractivity contribution >= 4 is 35.3 Å². The Balaban J connectivity index is 0.000000429. The normalized spacial score (nSPS) is 32.6. The van der Waals surface area contributed by atoms with Gasteiger partial charge in [-0.15, -0.1) is 0 Å². The second-order valence-electron chi connectivity index (χ2n) is 9.56. The summed E-state index contributed by atoms with van der Waals surface area (Å²) in [5.41, 5.74) is 0. The molecule has 0 heterocycles. The number of aliphatic carboxylic acids is 3. The van der Waals surface area contributed by atoms with Crippen LogP contribution < -0.4 is 15.3 Å². The third kappa shape index (κ3) is 10.9. The molecule has 0 spiro atoms. The zero-order chi connectivity index (χ0) is 22.7. The second kappa shape index (κ2) is 15.7. The monoisotopic (exact) mass is 450 g/mol. The topological polar surface area (TPSA) is 120 Å². The van der Waals surface area contributed by atoms with Crippen LogP contribution >= 0.6 is 0 Å².